The van der Waals surface area contributed by atoms with Crippen LogP contribution in [-0.4, -0.2) is 0 Å². The Morgan fingerprint density at radius 3 is 2.79 bits per heavy atom. The van der Waals surface area contributed by atoms with E-state index in [2.05, 4.69) is 10.2 Å². The van der Waals surface area contributed by atoms with Crippen LogP contribution in [-0.2, 0) is 0 Å². The fourth-order valence-electron chi connectivity index (χ4n) is 1.27. The van der Waals surface area contributed by atoms with Gasteiger partial charge in [0.15, 0.2) is 6.20 Å². The molecule has 0 unspecified atom stereocenters. The molecule has 0 radical (unpaired) electrons. The molecule has 1 heterocycles. The Bertz CT molecular complexity index is 465. The summed E-state index contributed by atoms with van der Waals surface area (Å²) in [6.45, 7) is 2.02. The van der Waals surface area contributed by atoms with E-state index < -0.39 is 0 Å². The van der Waals surface area contributed by atoms with Gasteiger partial charge < -0.3 is 0 Å². The SMILES string of the molecule is Cc1c[nH+]c(-c2ccccc2N=O)s1. The number of benzene rings is 1. The molecule has 1 N–H and O–H groups in total. The molecule has 0 aliphatic carbocycles. The maximum Gasteiger partial charge on any atom is 0.269 e. The van der Waals surface area contributed by atoms with Gasteiger partial charge in [-0.05, 0) is 24.2 Å². The lowest BCUT2D eigenvalue weighted by Crippen LogP contribution is -1.97. The summed E-state index contributed by atoms with van der Waals surface area (Å²) in [5.41, 5.74) is 1.34. The Kier molecular flexibility index (Phi) is 2.37. The van der Waals surface area contributed by atoms with E-state index in [0.29, 0.717) is 5.69 Å². The van der Waals surface area contributed by atoms with Crippen molar-refractivity contribution in [2.45, 2.75) is 6.92 Å². The molecule has 1 aromatic heterocycles. The molecule has 0 aliphatic heterocycles. The molecule has 4 heteroatoms. The van der Waals surface area contributed by atoms with Gasteiger partial charge in [-0.1, -0.05) is 23.5 Å². The highest BCUT2D eigenvalue weighted by molar-refractivity contribution is 7.14. The summed E-state index contributed by atoms with van der Waals surface area (Å²) >= 11 is 1.62. The van der Waals surface area contributed by atoms with Gasteiger partial charge in [-0.25, -0.2) is 4.98 Å². The Hall–Kier alpha value is -1.55. The minimum absolute atomic E-state index is 0.477. The van der Waals surface area contributed by atoms with Crippen LogP contribution in [0.5, 0.6) is 0 Å². The normalized spacial score (nSPS) is 10.1. The van der Waals surface area contributed by atoms with Crippen molar-refractivity contribution >= 4 is 17.0 Å². The number of nitroso groups, excluding NO2 is 1. The number of H-pyrrole nitrogens is 1. The predicted molar refractivity (Wildman–Crippen MR) is 56.5 cm³/mol. The van der Waals surface area contributed by atoms with Crippen molar-refractivity contribution in [2.75, 3.05) is 0 Å². The molecular weight excluding hydrogens is 196 g/mol. The number of nitrogens with zero attached hydrogens (tertiary/aromatic N) is 1. The molecule has 2 aromatic rings. The Labute approximate surface area is 85.4 Å². The van der Waals surface area contributed by atoms with Crippen molar-refractivity contribution < 1.29 is 4.98 Å². The molecule has 2 rings (SSSR count). The number of rotatable bonds is 2. The molecular formula is C10H9N2OS+. The van der Waals surface area contributed by atoms with Crippen molar-refractivity contribution in [3.8, 4) is 10.6 Å². The highest BCUT2D eigenvalue weighted by Crippen LogP contribution is 2.30. The smallest absolute Gasteiger partial charge is 0.201 e. The number of hydrogen-bond acceptors (Lipinski definition) is 3. The third-order valence-electron chi connectivity index (χ3n) is 1.92. The fourth-order valence-corrected chi connectivity index (χ4v) is 2.11. The number of nitrogens with one attached hydrogen (secondary N) is 1. The van der Waals surface area contributed by atoms with Gasteiger partial charge in [-0.3, -0.25) is 0 Å². The van der Waals surface area contributed by atoms with Crippen LogP contribution in [0, 0.1) is 11.8 Å². The number of hydrogen-bond donors (Lipinski definition) is 0. The highest BCUT2D eigenvalue weighted by Gasteiger charge is 2.13. The lowest BCUT2D eigenvalue weighted by Gasteiger charge is -1.93. The zero-order valence-corrected chi connectivity index (χ0v) is 8.47. The van der Waals surface area contributed by atoms with E-state index in [4.69, 9.17) is 0 Å². The molecule has 0 saturated heterocycles. The first-order chi connectivity index (χ1) is 6.81. The van der Waals surface area contributed by atoms with Crippen molar-refractivity contribution in [2.24, 2.45) is 5.18 Å². The zero-order chi connectivity index (χ0) is 9.97. The molecule has 0 amide bonds. The topological polar surface area (TPSA) is 43.6 Å². The standard InChI is InChI=1S/C10H8N2OS/c1-7-6-11-10(14-7)8-4-2-3-5-9(8)12-13/h2-6H,1H3/p+1. The van der Waals surface area contributed by atoms with Crippen molar-refractivity contribution in [3.63, 3.8) is 0 Å². The van der Waals surface area contributed by atoms with Gasteiger partial charge >= 0.3 is 0 Å². The second-order valence-electron chi connectivity index (χ2n) is 2.94. The summed E-state index contributed by atoms with van der Waals surface area (Å²) in [4.78, 5) is 14.8. The highest BCUT2D eigenvalue weighted by atomic mass is 32.1. The first-order valence-electron chi connectivity index (χ1n) is 4.22. The van der Waals surface area contributed by atoms with Gasteiger partial charge in [-0.2, -0.15) is 0 Å². The maximum atomic E-state index is 10.5. The third kappa shape index (κ3) is 1.56. The summed E-state index contributed by atoms with van der Waals surface area (Å²) in [6.07, 6.45) is 1.92. The van der Waals surface area contributed by atoms with Crippen molar-refractivity contribution in [3.05, 3.63) is 40.2 Å². The minimum Gasteiger partial charge on any atom is -0.201 e. The largest absolute Gasteiger partial charge is 0.269 e. The van der Waals surface area contributed by atoms with Crippen LogP contribution in [0.25, 0.3) is 10.6 Å². The van der Waals surface area contributed by atoms with Crippen LogP contribution in [0.2, 0.25) is 0 Å². The predicted octanol–water partition coefficient (Wildman–Crippen LogP) is 2.94. The lowest BCUT2D eigenvalue weighted by molar-refractivity contribution is -0.358. The zero-order valence-electron chi connectivity index (χ0n) is 7.65. The maximum absolute atomic E-state index is 10.5. The summed E-state index contributed by atoms with van der Waals surface area (Å²) in [6, 6.07) is 7.30. The van der Waals surface area contributed by atoms with Crippen molar-refractivity contribution in [1.29, 1.82) is 0 Å². The molecule has 0 fully saturated rings. The first-order valence-corrected chi connectivity index (χ1v) is 5.04. The number of aromatic amines is 1. The quantitative estimate of drug-likeness (QED) is 0.695. The summed E-state index contributed by atoms with van der Waals surface area (Å²) < 4.78 is 0. The molecule has 70 valence electrons. The van der Waals surface area contributed by atoms with E-state index in [1.54, 1.807) is 23.5 Å². The Morgan fingerprint density at radius 2 is 2.14 bits per heavy atom. The number of aromatic nitrogens is 1. The molecule has 14 heavy (non-hydrogen) atoms. The number of thiazole rings is 1. The minimum atomic E-state index is 0.477. The average Bonchev–Trinajstić information content (AvgIpc) is 2.65. The third-order valence-corrected chi connectivity index (χ3v) is 2.90. The van der Waals surface area contributed by atoms with E-state index in [-0.39, 0.29) is 0 Å². The Balaban J connectivity index is 2.55. The van der Waals surface area contributed by atoms with Crippen LogP contribution < -0.4 is 4.98 Å². The molecule has 0 atom stereocenters. The van der Waals surface area contributed by atoms with Crippen LogP contribution >= 0.6 is 11.3 Å². The second-order valence-corrected chi connectivity index (χ2v) is 4.20. The van der Waals surface area contributed by atoms with E-state index in [1.165, 1.54) is 4.88 Å². The van der Waals surface area contributed by atoms with Gasteiger partial charge in [0.1, 0.15) is 5.69 Å². The van der Waals surface area contributed by atoms with Crippen molar-refractivity contribution in [1.82, 2.24) is 0 Å². The first kappa shape index (κ1) is 9.02. The Morgan fingerprint density at radius 1 is 1.36 bits per heavy atom. The van der Waals surface area contributed by atoms with E-state index >= 15 is 0 Å². The summed E-state index contributed by atoms with van der Waals surface area (Å²) in [5, 5.41) is 3.96. The van der Waals surface area contributed by atoms with Crippen LogP contribution in [0.4, 0.5) is 5.69 Å². The number of aryl methyl sites for hydroxylation is 1. The second kappa shape index (κ2) is 3.67. The molecule has 0 aliphatic rings. The van der Waals surface area contributed by atoms with Gasteiger partial charge in [0.05, 0.1) is 10.4 Å². The lowest BCUT2D eigenvalue weighted by atomic mass is 10.2. The van der Waals surface area contributed by atoms with E-state index in [1.807, 2.05) is 25.3 Å². The van der Waals surface area contributed by atoms with Gasteiger partial charge in [0, 0.05) is 0 Å². The van der Waals surface area contributed by atoms with E-state index in [9.17, 15) is 4.91 Å². The average molecular weight is 205 g/mol. The molecule has 1 aromatic carbocycles. The van der Waals surface area contributed by atoms with Crippen LogP contribution in [0.1, 0.15) is 4.88 Å². The molecule has 0 saturated carbocycles. The molecule has 3 nitrogen and oxygen atoms in total. The fraction of sp³-hybridized carbons (Fsp3) is 0.100. The summed E-state index contributed by atoms with van der Waals surface area (Å²) in [5.74, 6) is 0. The van der Waals surface area contributed by atoms with Gasteiger partial charge in [-0.15, -0.1) is 4.91 Å². The van der Waals surface area contributed by atoms with Crippen LogP contribution in [0.15, 0.2) is 35.6 Å². The molecule has 0 spiro atoms. The van der Waals surface area contributed by atoms with E-state index in [0.717, 1.165) is 10.6 Å². The van der Waals surface area contributed by atoms with Gasteiger partial charge in [0.25, 0.3) is 5.01 Å². The molecule has 0 bridgehead atoms. The monoisotopic (exact) mass is 205 g/mol. The van der Waals surface area contributed by atoms with Crippen LogP contribution in [0.3, 0.4) is 0 Å². The van der Waals surface area contributed by atoms with Gasteiger partial charge in [0.2, 0.25) is 0 Å². The summed E-state index contributed by atoms with van der Waals surface area (Å²) in [7, 11) is 0.